The molecule has 33 heavy (non-hydrogen) atoms. The molecule has 0 radical (unpaired) electrons. The predicted octanol–water partition coefficient (Wildman–Crippen LogP) is 4.40. The van der Waals surface area contributed by atoms with Gasteiger partial charge in [-0.25, -0.2) is 0 Å². The molecule has 0 spiro atoms. The number of rotatable bonds is 1. The maximum absolute atomic E-state index is 12.9. The Morgan fingerprint density at radius 1 is 0.970 bits per heavy atom. The van der Waals surface area contributed by atoms with Crippen molar-refractivity contribution >= 4 is 17.3 Å². The maximum Gasteiger partial charge on any atom is 0.309 e. The van der Waals surface area contributed by atoms with Crippen LogP contribution in [0.5, 0.6) is 0 Å². The van der Waals surface area contributed by atoms with Gasteiger partial charge in [0.25, 0.3) is 0 Å². The maximum atomic E-state index is 12.9. The monoisotopic (exact) mass is 450 g/mol. The summed E-state index contributed by atoms with van der Waals surface area (Å²) in [5, 5.41) is 21.4. The van der Waals surface area contributed by atoms with Gasteiger partial charge in [-0.15, -0.1) is 0 Å². The topological polar surface area (TPSA) is 83.8 Å². The summed E-state index contributed by atoms with van der Waals surface area (Å²) in [6, 6.07) is 10.2. The van der Waals surface area contributed by atoms with Crippen LogP contribution < -0.4 is 0 Å². The zero-order valence-corrected chi connectivity index (χ0v) is 19.7. The van der Waals surface area contributed by atoms with Crippen molar-refractivity contribution < 1.29 is 24.5 Å². The molecule has 2 aliphatic carbocycles. The van der Waals surface area contributed by atoms with Gasteiger partial charge in [0.15, 0.2) is 5.78 Å². The lowest BCUT2D eigenvalue weighted by Crippen LogP contribution is -2.40. The van der Waals surface area contributed by atoms with Gasteiger partial charge in [-0.1, -0.05) is 55.0 Å². The first-order valence-electron chi connectivity index (χ1n) is 12.0. The Kier molecular flexibility index (Phi) is 7.01. The van der Waals surface area contributed by atoms with Crippen LogP contribution in [0, 0.1) is 17.8 Å². The average molecular weight is 451 g/mol. The number of benzene rings is 1. The predicted molar refractivity (Wildman–Crippen MR) is 127 cm³/mol. The standard InChI is InChI=1S/C28H34O5/c1-16-8-7-11-20-13-23(27(32)18(3)26(20)31)24(29)15-25(30)33-28-17(2)22(14-21(28)12-16)19-9-5-4-6-10-19/h4-6,9-10,12-13,18,20-21,24,26,28-29,31H,7-8,11,14-15H2,1-3H3/b16-12-/t18-,20-,21-,24+,26-,28-/m1/s1. The molecular formula is C28H34O5. The minimum Gasteiger partial charge on any atom is -0.457 e. The van der Waals surface area contributed by atoms with Crippen molar-refractivity contribution in [2.75, 3.05) is 0 Å². The lowest BCUT2D eigenvalue weighted by molar-refractivity contribution is -0.150. The highest BCUT2D eigenvalue weighted by atomic mass is 16.5. The van der Waals surface area contributed by atoms with Gasteiger partial charge >= 0.3 is 5.97 Å². The fraction of sp³-hybridized carbons (Fsp3) is 0.500. The molecule has 1 aromatic carbocycles. The molecule has 176 valence electrons. The molecule has 0 saturated carbocycles. The summed E-state index contributed by atoms with van der Waals surface area (Å²) in [6.45, 7) is 5.81. The Morgan fingerprint density at radius 3 is 2.42 bits per heavy atom. The van der Waals surface area contributed by atoms with E-state index in [4.69, 9.17) is 4.74 Å². The zero-order chi connectivity index (χ0) is 23.7. The summed E-state index contributed by atoms with van der Waals surface area (Å²) in [5.74, 6) is -1.57. The number of aliphatic hydroxyl groups excluding tert-OH is 2. The number of fused-ring (bicyclic) bond motifs is 2. The first kappa shape index (κ1) is 23.7. The third-order valence-electron chi connectivity index (χ3n) is 7.48. The van der Waals surface area contributed by atoms with E-state index < -0.39 is 24.1 Å². The van der Waals surface area contributed by atoms with Crippen LogP contribution >= 0.6 is 0 Å². The molecule has 2 N–H and O–H groups in total. The largest absolute Gasteiger partial charge is 0.457 e. The lowest BCUT2D eigenvalue weighted by atomic mass is 9.76. The van der Waals surface area contributed by atoms with Crippen molar-refractivity contribution in [3.63, 3.8) is 0 Å². The summed E-state index contributed by atoms with van der Waals surface area (Å²) in [7, 11) is 0. The van der Waals surface area contributed by atoms with Gasteiger partial charge in [-0.2, -0.15) is 0 Å². The van der Waals surface area contributed by atoms with Gasteiger partial charge in [-0.3, -0.25) is 9.59 Å². The molecule has 1 aromatic rings. The van der Waals surface area contributed by atoms with E-state index in [0.29, 0.717) is 0 Å². The molecule has 5 heteroatoms. The number of ketones is 1. The van der Waals surface area contributed by atoms with E-state index in [2.05, 4.69) is 25.1 Å². The number of carbonyl (C=O) groups is 2. The van der Waals surface area contributed by atoms with Gasteiger partial charge in [0.05, 0.1) is 18.6 Å². The van der Waals surface area contributed by atoms with Gasteiger partial charge < -0.3 is 14.9 Å². The third kappa shape index (κ3) is 4.90. The van der Waals surface area contributed by atoms with Crippen molar-refractivity contribution in [3.8, 4) is 0 Å². The van der Waals surface area contributed by atoms with E-state index in [-0.39, 0.29) is 35.7 Å². The smallest absolute Gasteiger partial charge is 0.309 e. The molecule has 0 saturated heterocycles. The van der Waals surface area contributed by atoms with E-state index in [0.717, 1.165) is 36.8 Å². The molecule has 3 aliphatic rings. The van der Waals surface area contributed by atoms with Crippen LogP contribution in [0.15, 0.2) is 59.2 Å². The summed E-state index contributed by atoms with van der Waals surface area (Å²) < 4.78 is 5.93. The van der Waals surface area contributed by atoms with Gasteiger partial charge in [0, 0.05) is 23.3 Å². The molecule has 0 aromatic heterocycles. The molecule has 1 aliphatic heterocycles. The van der Waals surface area contributed by atoms with Crippen LogP contribution in [0.1, 0.15) is 58.4 Å². The van der Waals surface area contributed by atoms with Gasteiger partial charge in [0.1, 0.15) is 6.10 Å². The van der Waals surface area contributed by atoms with E-state index in [1.165, 1.54) is 11.1 Å². The number of ether oxygens (including phenoxy) is 1. The summed E-state index contributed by atoms with van der Waals surface area (Å²) in [6.07, 6.45) is 4.53. The zero-order valence-electron chi connectivity index (χ0n) is 19.7. The van der Waals surface area contributed by atoms with Gasteiger partial charge in [-0.05, 0) is 56.2 Å². The second-order valence-corrected chi connectivity index (χ2v) is 9.86. The number of aliphatic hydroxyl groups is 2. The molecule has 0 amide bonds. The molecular weight excluding hydrogens is 416 g/mol. The average Bonchev–Trinajstić information content (AvgIpc) is 3.08. The SMILES string of the molecule is CC1=C(c2ccccc2)C[C@H]2/C=C(/C)CCC[C@@H]3C=C(C(=O)[C@H](C)[C@H]3O)[C@@H](O)CC(=O)O[C@H]12. The number of allylic oxidation sites excluding steroid dienone is 2. The Bertz CT molecular complexity index is 1000. The van der Waals surface area contributed by atoms with E-state index in [1.54, 1.807) is 13.0 Å². The van der Waals surface area contributed by atoms with Crippen LogP contribution in [0.2, 0.25) is 0 Å². The van der Waals surface area contributed by atoms with Crippen LogP contribution in [0.3, 0.4) is 0 Å². The van der Waals surface area contributed by atoms with Crippen molar-refractivity contribution in [3.05, 3.63) is 64.8 Å². The molecule has 0 unspecified atom stereocenters. The second kappa shape index (κ2) is 9.78. The Hall–Kier alpha value is -2.50. The van der Waals surface area contributed by atoms with Crippen molar-refractivity contribution in [2.24, 2.45) is 17.8 Å². The highest BCUT2D eigenvalue weighted by molar-refractivity contribution is 5.99. The Labute approximate surface area is 195 Å². The highest BCUT2D eigenvalue weighted by Gasteiger charge is 2.39. The van der Waals surface area contributed by atoms with E-state index in [9.17, 15) is 19.8 Å². The molecule has 4 rings (SSSR count). The van der Waals surface area contributed by atoms with E-state index >= 15 is 0 Å². The molecule has 1 heterocycles. The summed E-state index contributed by atoms with van der Waals surface area (Å²) in [5.41, 5.74) is 4.83. The van der Waals surface area contributed by atoms with E-state index in [1.807, 2.05) is 25.1 Å². The first-order valence-corrected chi connectivity index (χ1v) is 12.0. The fourth-order valence-corrected chi connectivity index (χ4v) is 5.56. The van der Waals surface area contributed by atoms with Crippen LogP contribution in [-0.2, 0) is 14.3 Å². The Morgan fingerprint density at radius 2 is 1.70 bits per heavy atom. The first-order chi connectivity index (χ1) is 15.8. The number of hydrogen-bond acceptors (Lipinski definition) is 5. The minimum atomic E-state index is -1.22. The molecule has 5 nitrogen and oxygen atoms in total. The highest BCUT2D eigenvalue weighted by Crippen LogP contribution is 2.41. The number of Topliss-reactive ketones (excluding diaryl/α,β-unsaturated/α-hetero) is 1. The lowest BCUT2D eigenvalue weighted by Gasteiger charge is -2.32. The minimum absolute atomic E-state index is 0.0372. The van der Waals surface area contributed by atoms with Crippen molar-refractivity contribution in [1.82, 2.24) is 0 Å². The second-order valence-electron chi connectivity index (χ2n) is 9.86. The molecule has 0 fully saturated rings. The molecule has 2 bridgehead atoms. The van der Waals surface area contributed by atoms with Crippen LogP contribution in [0.25, 0.3) is 5.57 Å². The van der Waals surface area contributed by atoms with Crippen LogP contribution in [0.4, 0.5) is 0 Å². The summed E-state index contributed by atoms with van der Waals surface area (Å²) in [4.78, 5) is 25.6. The van der Waals surface area contributed by atoms with Gasteiger partial charge in [0.2, 0.25) is 0 Å². The third-order valence-corrected chi connectivity index (χ3v) is 7.48. The van der Waals surface area contributed by atoms with Crippen molar-refractivity contribution in [2.45, 2.75) is 71.2 Å². The van der Waals surface area contributed by atoms with Crippen LogP contribution in [-0.4, -0.2) is 40.3 Å². The number of carbonyl (C=O) groups excluding carboxylic acids is 2. The molecule has 6 atom stereocenters. The fourth-order valence-electron chi connectivity index (χ4n) is 5.56. The quantitative estimate of drug-likeness (QED) is 0.490. The number of esters is 1. The number of hydrogen-bond donors (Lipinski definition) is 2. The Balaban J connectivity index is 1.65. The normalized spacial score (nSPS) is 35.2. The van der Waals surface area contributed by atoms with Crippen molar-refractivity contribution in [1.29, 1.82) is 0 Å². The summed E-state index contributed by atoms with van der Waals surface area (Å²) >= 11 is 0.